The van der Waals surface area contributed by atoms with Crippen LogP contribution in [0.2, 0.25) is 0 Å². The molecule has 2 unspecified atom stereocenters. The average Bonchev–Trinajstić information content (AvgIpc) is 2.64. The molecule has 2 rings (SSSR count). The molecule has 1 aromatic heterocycles. The van der Waals surface area contributed by atoms with Gasteiger partial charge >= 0.3 is 0 Å². The largest absolute Gasteiger partial charge is 0.386 e. The van der Waals surface area contributed by atoms with Gasteiger partial charge in [-0.05, 0) is 24.1 Å². The molecular weight excluding hydrogens is 376 g/mol. The van der Waals surface area contributed by atoms with E-state index in [0.29, 0.717) is 11.1 Å². The molecule has 1 aromatic carbocycles. The second-order valence-electron chi connectivity index (χ2n) is 6.18. The maximum Gasteiger partial charge on any atom is 0.254 e. The van der Waals surface area contributed by atoms with Crippen molar-refractivity contribution in [3.05, 3.63) is 48.2 Å². The standard InChI is InChI=1S/C18H21F2N3O3S/c1-11(20)18(25)23-15(9-19)17(24)13-5-3-12(4-6-13)14-7-8-16(22-10-14)27(2,21)26/h3-8,10-11,15,17,21,24H,9H2,1-2H3,(H,23,25)/t11?,15-,17-,27?/m1/s1. The minimum atomic E-state index is -2.89. The van der Waals surface area contributed by atoms with Crippen LogP contribution in [0.3, 0.4) is 0 Å². The van der Waals surface area contributed by atoms with E-state index < -0.39 is 40.6 Å². The Hall–Kier alpha value is -2.39. The highest BCUT2D eigenvalue weighted by Gasteiger charge is 2.25. The SMILES string of the molecule is CC(F)C(=O)N[C@H](CF)[C@H](O)c1ccc(-c2ccc(S(C)(=N)=O)nc2)cc1. The van der Waals surface area contributed by atoms with E-state index in [9.17, 15) is 22.9 Å². The number of rotatable bonds is 7. The lowest BCUT2D eigenvalue weighted by atomic mass is 9.99. The summed E-state index contributed by atoms with van der Waals surface area (Å²) in [5.74, 6) is -0.985. The van der Waals surface area contributed by atoms with Crippen LogP contribution in [0.25, 0.3) is 11.1 Å². The Kier molecular flexibility index (Phi) is 6.61. The quantitative estimate of drug-likeness (QED) is 0.668. The number of pyridine rings is 1. The van der Waals surface area contributed by atoms with Gasteiger partial charge in [-0.2, -0.15) is 0 Å². The molecule has 0 aliphatic heterocycles. The fourth-order valence-electron chi connectivity index (χ4n) is 2.39. The summed E-state index contributed by atoms with van der Waals surface area (Å²) in [5.41, 5.74) is 1.82. The molecule has 0 bridgehead atoms. The highest BCUT2D eigenvalue weighted by atomic mass is 32.2. The summed E-state index contributed by atoms with van der Waals surface area (Å²) in [4.78, 5) is 15.4. The number of benzene rings is 1. The van der Waals surface area contributed by atoms with Crippen LogP contribution >= 0.6 is 0 Å². The number of hydrogen-bond donors (Lipinski definition) is 3. The van der Waals surface area contributed by atoms with Gasteiger partial charge in [0.2, 0.25) is 0 Å². The van der Waals surface area contributed by atoms with Crippen LogP contribution in [0.1, 0.15) is 18.6 Å². The molecule has 0 saturated carbocycles. The van der Waals surface area contributed by atoms with Crippen LogP contribution in [0.5, 0.6) is 0 Å². The Morgan fingerprint density at radius 2 is 1.85 bits per heavy atom. The summed E-state index contributed by atoms with van der Waals surface area (Å²) < 4.78 is 45.3. The summed E-state index contributed by atoms with van der Waals surface area (Å²) in [6, 6.07) is 8.42. The van der Waals surface area contributed by atoms with E-state index >= 15 is 0 Å². The highest BCUT2D eigenvalue weighted by Crippen LogP contribution is 2.24. The maximum atomic E-state index is 13.2. The van der Waals surface area contributed by atoms with Crippen molar-refractivity contribution in [2.24, 2.45) is 0 Å². The van der Waals surface area contributed by atoms with Crippen LogP contribution in [-0.2, 0) is 14.5 Å². The van der Waals surface area contributed by atoms with Gasteiger partial charge in [-0.15, -0.1) is 0 Å². The molecule has 9 heteroatoms. The van der Waals surface area contributed by atoms with Gasteiger partial charge in [0.1, 0.15) is 17.8 Å². The smallest absolute Gasteiger partial charge is 0.254 e. The first-order chi connectivity index (χ1) is 12.6. The zero-order valence-electron chi connectivity index (χ0n) is 14.9. The number of aliphatic hydroxyl groups excluding tert-OH is 1. The Bertz CT molecular complexity index is 885. The van der Waals surface area contributed by atoms with Crippen molar-refractivity contribution in [1.29, 1.82) is 4.78 Å². The first-order valence-corrected chi connectivity index (χ1v) is 10.1. The van der Waals surface area contributed by atoms with E-state index in [1.165, 1.54) is 18.5 Å². The molecule has 0 spiro atoms. The van der Waals surface area contributed by atoms with Crippen LogP contribution in [0.15, 0.2) is 47.6 Å². The molecule has 0 aliphatic rings. The zero-order chi connectivity index (χ0) is 20.2. The van der Waals surface area contributed by atoms with Crippen molar-refractivity contribution in [2.75, 3.05) is 12.9 Å². The Morgan fingerprint density at radius 3 is 2.30 bits per heavy atom. The van der Waals surface area contributed by atoms with Crippen LogP contribution < -0.4 is 5.32 Å². The van der Waals surface area contributed by atoms with E-state index in [1.54, 1.807) is 30.3 Å². The van der Waals surface area contributed by atoms with E-state index in [0.717, 1.165) is 12.5 Å². The third-order valence-corrected chi connectivity index (χ3v) is 5.00. The Morgan fingerprint density at radius 1 is 1.26 bits per heavy atom. The molecule has 4 atom stereocenters. The van der Waals surface area contributed by atoms with E-state index in [1.807, 2.05) is 0 Å². The predicted octanol–water partition coefficient (Wildman–Crippen LogP) is 2.63. The van der Waals surface area contributed by atoms with Gasteiger partial charge in [-0.1, -0.05) is 30.3 Å². The third-order valence-electron chi connectivity index (χ3n) is 3.96. The molecule has 0 radical (unpaired) electrons. The molecule has 1 amide bonds. The van der Waals surface area contributed by atoms with Gasteiger partial charge in [-0.25, -0.2) is 22.8 Å². The number of nitrogens with one attached hydrogen (secondary N) is 2. The number of hydrogen-bond acceptors (Lipinski definition) is 5. The molecule has 6 nitrogen and oxygen atoms in total. The second kappa shape index (κ2) is 8.53. The van der Waals surface area contributed by atoms with Crippen molar-refractivity contribution in [2.45, 2.75) is 30.3 Å². The summed E-state index contributed by atoms with van der Waals surface area (Å²) in [6.07, 6.45) is -0.355. The number of alkyl halides is 2. The minimum absolute atomic E-state index is 0.182. The van der Waals surface area contributed by atoms with Gasteiger partial charge in [0.15, 0.2) is 6.17 Å². The lowest BCUT2D eigenvalue weighted by Gasteiger charge is -2.22. The van der Waals surface area contributed by atoms with Crippen molar-refractivity contribution in [3.8, 4) is 11.1 Å². The van der Waals surface area contributed by atoms with Crippen LogP contribution in [0, 0.1) is 4.78 Å². The van der Waals surface area contributed by atoms with E-state index in [4.69, 9.17) is 4.78 Å². The van der Waals surface area contributed by atoms with Crippen molar-refractivity contribution >= 4 is 15.6 Å². The van der Waals surface area contributed by atoms with Crippen LogP contribution in [-0.4, -0.2) is 45.4 Å². The van der Waals surface area contributed by atoms with E-state index in [2.05, 4.69) is 10.3 Å². The third kappa shape index (κ3) is 5.30. The molecular formula is C18H21F2N3O3S. The Labute approximate surface area is 156 Å². The number of aromatic nitrogens is 1. The van der Waals surface area contributed by atoms with Crippen molar-refractivity contribution in [3.63, 3.8) is 0 Å². The monoisotopic (exact) mass is 397 g/mol. The summed E-state index contributed by atoms with van der Waals surface area (Å²) in [6.45, 7) is -0.0149. The highest BCUT2D eigenvalue weighted by molar-refractivity contribution is 7.91. The van der Waals surface area contributed by atoms with Crippen LogP contribution in [0.4, 0.5) is 8.78 Å². The van der Waals surface area contributed by atoms with Gasteiger partial charge in [-0.3, -0.25) is 4.79 Å². The van der Waals surface area contributed by atoms with Crippen molar-refractivity contribution in [1.82, 2.24) is 10.3 Å². The topological polar surface area (TPSA) is 103 Å². The number of nitrogens with zero attached hydrogens (tertiary/aromatic N) is 1. The van der Waals surface area contributed by atoms with E-state index in [-0.39, 0.29) is 5.03 Å². The van der Waals surface area contributed by atoms with Crippen molar-refractivity contribution < 1.29 is 22.9 Å². The zero-order valence-corrected chi connectivity index (χ0v) is 15.7. The molecule has 0 fully saturated rings. The summed E-state index contributed by atoms with van der Waals surface area (Å²) in [7, 11) is -2.89. The predicted molar refractivity (Wildman–Crippen MR) is 98.2 cm³/mol. The lowest BCUT2D eigenvalue weighted by molar-refractivity contribution is -0.127. The average molecular weight is 397 g/mol. The second-order valence-corrected chi connectivity index (χ2v) is 8.29. The normalized spacial score (nSPS) is 16.8. The molecule has 0 aliphatic carbocycles. The first kappa shape index (κ1) is 20.9. The van der Waals surface area contributed by atoms with Gasteiger partial charge in [0, 0.05) is 18.0 Å². The first-order valence-electron chi connectivity index (χ1n) is 8.12. The summed E-state index contributed by atoms with van der Waals surface area (Å²) in [5, 5.41) is 12.6. The number of carbonyl (C=O) groups excluding carboxylic acids is 1. The molecule has 1 heterocycles. The number of carbonyl (C=O) groups is 1. The van der Waals surface area contributed by atoms with Gasteiger partial charge in [0.25, 0.3) is 5.91 Å². The fraction of sp³-hybridized carbons (Fsp3) is 0.333. The number of aliphatic hydroxyl groups is 1. The summed E-state index contributed by atoms with van der Waals surface area (Å²) >= 11 is 0. The minimum Gasteiger partial charge on any atom is -0.386 e. The lowest BCUT2D eigenvalue weighted by Crippen LogP contribution is -2.43. The molecule has 0 saturated heterocycles. The number of halogens is 2. The maximum absolute atomic E-state index is 13.2. The van der Waals surface area contributed by atoms with Gasteiger partial charge < -0.3 is 10.4 Å². The molecule has 27 heavy (non-hydrogen) atoms. The molecule has 3 N–H and O–H groups in total. The Balaban J connectivity index is 2.17. The number of amides is 1. The fourth-order valence-corrected chi connectivity index (χ4v) is 2.97. The van der Waals surface area contributed by atoms with Gasteiger partial charge in [0.05, 0.1) is 15.8 Å². The molecule has 146 valence electrons. The molecule has 2 aromatic rings.